The summed E-state index contributed by atoms with van der Waals surface area (Å²) in [6.07, 6.45) is 0. The van der Waals surface area contributed by atoms with Crippen molar-refractivity contribution in [3.8, 4) is 0 Å². The zero-order valence-corrected chi connectivity index (χ0v) is 7.51. The van der Waals surface area contributed by atoms with E-state index in [-0.39, 0.29) is 0 Å². The molecule has 1 aromatic rings. The Kier molecular flexibility index (Phi) is 3.08. The molecule has 80 valence electrons. The molecule has 1 rings (SSSR count). The number of hydrogen-bond acceptors (Lipinski definition) is 3. The fourth-order valence-corrected chi connectivity index (χ4v) is 0.904. The Bertz CT molecular complexity index is 429. The molecule has 0 heterocycles. The molecule has 0 fully saturated rings. The average Bonchev–Trinajstić information content (AvgIpc) is 2.24. The van der Waals surface area contributed by atoms with Crippen molar-refractivity contribution in [2.24, 2.45) is 0 Å². The number of ketones is 1. The first-order valence-electron chi connectivity index (χ1n) is 3.75. The van der Waals surface area contributed by atoms with Crippen molar-refractivity contribution in [3.63, 3.8) is 0 Å². The van der Waals surface area contributed by atoms with Crippen molar-refractivity contribution in [3.05, 3.63) is 35.1 Å². The lowest BCUT2D eigenvalue weighted by Crippen LogP contribution is -2.18. The summed E-state index contributed by atoms with van der Waals surface area (Å²) in [5.74, 6) is -7.65. The van der Waals surface area contributed by atoms with Gasteiger partial charge in [0.25, 0.3) is 5.78 Å². The summed E-state index contributed by atoms with van der Waals surface area (Å²) in [6.45, 7) is 0. The van der Waals surface area contributed by atoms with Crippen LogP contribution in [0.5, 0.6) is 0 Å². The molecule has 15 heavy (non-hydrogen) atoms. The van der Waals surface area contributed by atoms with E-state index in [0.717, 1.165) is 7.11 Å². The van der Waals surface area contributed by atoms with Crippen molar-refractivity contribution in [1.29, 1.82) is 0 Å². The Labute approximate surface area is 82.5 Å². The normalized spacial score (nSPS) is 9.87. The van der Waals surface area contributed by atoms with Crippen LogP contribution >= 0.6 is 0 Å². The molecule has 0 aliphatic carbocycles. The first-order chi connectivity index (χ1) is 6.99. The van der Waals surface area contributed by atoms with Gasteiger partial charge in [-0.15, -0.1) is 0 Å². The summed E-state index contributed by atoms with van der Waals surface area (Å²) in [4.78, 5) is 21.8. The van der Waals surface area contributed by atoms with Crippen LogP contribution in [0.3, 0.4) is 0 Å². The fourth-order valence-electron chi connectivity index (χ4n) is 0.904. The lowest BCUT2D eigenvalue weighted by Gasteiger charge is -2.01. The number of hydrogen-bond donors (Lipinski definition) is 0. The number of carbonyl (C=O) groups is 2. The van der Waals surface area contributed by atoms with E-state index in [9.17, 15) is 22.8 Å². The number of rotatable bonds is 2. The summed E-state index contributed by atoms with van der Waals surface area (Å²) < 4.78 is 42.1. The van der Waals surface area contributed by atoms with Crippen LogP contribution < -0.4 is 0 Å². The molecule has 0 radical (unpaired) electrons. The number of carbonyl (C=O) groups excluding carboxylic acids is 2. The van der Waals surface area contributed by atoms with Crippen LogP contribution in [0.25, 0.3) is 0 Å². The second kappa shape index (κ2) is 4.12. The minimum Gasteiger partial charge on any atom is -0.463 e. The Hall–Kier alpha value is -1.85. The summed E-state index contributed by atoms with van der Waals surface area (Å²) >= 11 is 0. The number of Topliss-reactive ketones (excluding diaryl/α,β-unsaturated/α-hetero) is 1. The summed E-state index contributed by atoms with van der Waals surface area (Å²) in [5.41, 5.74) is -0.860. The SMILES string of the molecule is COC(=O)C(=O)c1ccc(F)c(F)c1F. The molecule has 3 nitrogen and oxygen atoms in total. The number of methoxy groups -OCH3 is 1. The molecule has 0 N–H and O–H groups in total. The first kappa shape index (κ1) is 11.2. The largest absolute Gasteiger partial charge is 0.463 e. The fraction of sp³-hybridized carbons (Fsp3) is 0.111. The monoisotopic (exact) mass is 218 g/mol. The van der Waals surface area contributed by atoms with Gasteiger partial charge >= 0.3 is 5.97 Å². The van der Waals surface area contributed by atoms with Gasteiger partial charge in [0, 0.05) is 0 Å². The third-order valence-corrected chi connectivity index (χ3v) is 1.65. The molecule has 0 unspecified atom stereocenters. The van der Waals surface area contributed by atoms with Crippen molar-refractivity contribution in [1.82, 2.24) is 0 Å². The number of esters is 1. The van der Waals surface area contributed by atoms with Crippen LogP contribution in [0.15, 0.2) is 12.1 Å². The van der Waals surface area contributed by atoms with Crippen molar-refractivity contribution < 1.29 is 27.5 Å². The maximum atomic E-state index is 13.0. The van der Waals surface area contributed by atoms with E-state index in [4.69, 9.17) is 0 Å². The number of halogens is 3. The van der Waals surface area contributed by atoms with Crippen LogP contribution in [0.4, 0.5) is 13.2 Å². The lowest BCUT2D eigenvalue weighted by molar-refractivity contribution is -0.135. The second-order valence-electron chi connectivity index (χ2n) is 2.54. The van der Waals surface area contributed by atoms with Crippen LogP contribution in [-0.4, -0.2) is 18.9 Å². The van der Waals surface area contributed by atoms with Gasteiger partial charge in [-0.1, -0.05) is 0 Å². The molecule has 0 amide bonds. The highest BCUT2D eigenvalue weighted by molar-refractivity contribution is 6.40. The molecule has 0 saturated carbocycles. The summed E-state index contributed by atoms with van der Waals surface area (Å²) in [5, 5.41) is 0. The molecule has 6 heteroatoms. The Balaban J connectivity index is 3.22. The van der Waals surface area contributed by atoms with E-state index in [2.05, 4.69) is 4.74 Å². The van der Waals surface area contributed by atoms with E-state index in [0.29, 0.717) is 12.1 Å². The van der Waals surface area contributed by atoms with Gasteiger partial charge in [0.05, 0.1) is 12.7 Å². The lowest BCUT2D eigenvalue weighted by atomic mass is 10.1. The zero-order valence-electron chi connectivity index (χ0n) is 7.51. The third kappa shape index (κ3) is 1.98. The molecule has 0 bridgehead atoms. The van der Waals surface area contributed by atoms with Gasteiger partial charge in [0.1, 0.15) is 0 Å². The third-order valence-electron chi connectivity index (χ3n) is 1.65. The number of ether oxygens (including phenoxy) is 1. The van der Waals surface area contributed by atoms with Gasteiger partial charge in [-0.05, 0) is 12.1 Å². The first-order valence-corrected chi connectivity index (χ1v) is 3.75. The number of benzene rings is 1. The van der Waals surface area contributed by atoms with E-state index >= 15 is 0 Å². The molecule has 0 saturated heterocycles. The van der Waals surface area contributed by atoms with Gasteiger partial charge in [0.15, 0.2) is 17.5 Å². The second-order valence-corrected chi connectivity index (χ2v) is 2.54. The summed E-state index contributed by atoms with van der Waals surface area (Å²) in [6, 6.07) is 1.22. The Morgan fingerprint density at radius 2 is 1.73 bits per heavy atom. The van der Waals surface area contributed by atoms with Gasteiger partial charge in [-0.25, -0.2) is 18.0 Å². The van der Waals surface area contributed by atoms with Crippen LogP contribution in [0, 0.1) is 17.5 Å². The van der Waals surface area contributed by atoms with E-state index in [1.54, 1.807) is 0 Å². The molecule has 0 aliphatic heterocycles. The van der Waals surface area contributed by atoms with Gasteiger partial charge in [-0.2, -0.15) is 0 Å². The summed E-state index contributed by atoms with van der Waals surface area (Å²) in [7, 11) is 0.915. The minimum atomic E-state index is -1.80. The molecule has 0 atom stereocenters. The smallest absolute Gasteiger partial charge is 0.379 e. The molecule has 1 aromatic carbocycles. The van der Waals surface area contributed by atoms with Gasteiger partial charge in [0.2, 0.25) is 0 Å². The van der Waals surface area contributed by atoms with Crippen molar-refractivity contribution >= 4 is 11.8 Å². The predicted octanol–water partition coefficient (Wildman–Crippen LogP) is 1.46. The average molecular weight is 218 g/mol. The van der Waals surface area contributed by atoms with Gasteiger partial charge < -0.3 is 4.74 Å². The highest BCUT2D eigenvalue weighted by atomic mass is 19.2. The predicted molar refractivity (Wildman–Crippen MR) is 42.7 cm³/mol. The Morgan fingerprint density at radius 3 is 2.27 bits per heavy atom. The topological polar surface area (TPSA) is 43.4 Å². The zero-order chi connectivity index (χ0) is 11.6. The molecule has 0 aromatic heterocycles. The highest BCUT2D eigenvalue weighted by Crippen LogP contribution is 2.15. The van der Waals surface area contributed by atoms with E-state index < -0.39 is 34.8 Å². The van der Waals surface area contributed by atoms with Crippen molar-refractivity contribution in [2.45, 2.75) is 0 Å². The van der Waals surface area contributed by atoms with Crippen molar-refractivity contribution in [2.75, 3.05) is 7.11 Å². The van der Waals surface area contributed by atoms with Crippen LogP contribution in [0.1, 0.15) is 10.4 Å². The molecule has 0 spiro atoms. The van der Waals surface area contributed by atoms with E-state index in [1.807, 2.05) is 0 Å². The van der Waals surface area contributed by atoms with Gasteiger partial charge in [-0.3, -0.25) is 4.79 Å². The maximum absolute atomic E-state index is 13.0. The maximum Gasteiger partial charge on any atom is 0.379 e. The van der Waals surface area contributed by atoms with Crippen LogP contribution in [-0.2, 0) is 9.53 Å². The quantitative estimate of drug-likeness (QED) is 0.326. The Morgan fingerprint density at radius 1 is 1.13 bits per heavy atom. The minimum absolute atomic E-state index is 0.550. The standard InChI is InChI=1S/C9H5F3O3/c1-15-9(14)8(13)4-2-3-5(10)7(12)6(4)11/h2-3H,1H3. The molecular weight excluding hydrogens is 213 g/mol. The van der Waals surface area contributed by atoms with Crippen LogP contribution in [0.2, 0.25) is 0 Å². The highest BCUT2D eigenvalue weighted by Gasteiger charge is 2.24. The molecule has 0 aliphatic rings. The molecular formula is C9H5F3O3. The van der Waals surface area contributed by atoms with E-state index in [1.165, 1.54) is 0 Å².